The van der Waals surface area contributed by atoms with Crippen molar-refractivity contribution in [3.63, 3.8) is 0 Å². The number of hydrogen-bond donors (Lipinski definition) is 4. The van der Waals surface area contributed by atoms with Crippen LogP contribution in [0.25, 0.3) is 0 Å². The van der Waals surface area contributed by atoms with Crippen LogP contribution in [0.4, 0.5) is 10.2 Å². The Balaban J connectivity index is 0.000000581. The van der Waals surface area contributed by atoms with Crippen molar-refractivity contribution in [2.75, 3.05) is 5.32 Å². The van der Waals surface area contributed by atoms with Gasteiger partial charge in [0.25, 0.3) is 0 Å². The predicted molar refractivity (Wildman–Crippen MR) is 164 cm³/mol. The summed E-state index contributed by atoms with van der Waals surface area (Å²) in [4.78, 5) is 42.6. The van der Waals surface area contributed by atoms with Crippen molar-refractivity contribution >= 4 is 33.2 Å². The maximum Gasteiger partial charge on any atom is 0.306 e. The summed E-state index contributed by atoms with van der Waals surface area (Å²) in [5.74, 6) is -0.477. The number of hydrogen-bond acceptors (Lipinski definition) is 8. The number of rotatable bonds is 12. The molecule has 0 bridgehead atoms. The van der Waals surface area contributed by atoms with E-state index in [9.17, 15) is 18.8 Å². The van der Waals surface area contributed by atoms with Crippen molar-refractivity contribution in [2.24, 2.45) is 11.7 Å². The number of nitrogens with two attached hydrogens (primary N) is 1. The number of carboxylic acids is 1. The number of carbonyl (C=O) groups excluding carboxylic acids is 2. The normalized spacial score (nSPS) is 22.0. The maximum absolute atomic E-state index is 13.6. The molecular weight excluding hydrogens is 560 g/mol. The predicted octanol–water partition coefficient (Wildman–Crippen LogP) is 5.31. The molecular formula is C30H43FN5O5P. The Hall–Kier alpha value is -3.59. The van der Waals surface area contributed by atoms with Gasteiger partial charge in [-0.15, -0.1) is 0 Å². The van der Waals surface area contributed by atoms with Crippen LogP contribution in [-0.4, -0.2) is 44.8 Å². The quantitative estimate of drug-likeness (QED) is 0.108. The molecule has 1 unspecified atom stereocenters. The van der Waals surface area contributed by atoms with E-state index in [0.717, 1.165) is 37.7 Å². The van der Waals surface area contributed by atoms with Crippen molar-refractivity contribution < 1.29 is 28.6 Å². The number of halogens is 1. The van der Waals surface area contributed by atoms with Crippen LogP contribution < -0.4 is 21.1 Å². The van der Waals surface area contributed by atoms with Crippen molar-refractivity contribution in [1.82, 2.24) is 15.3 Å². The van der Waals surface area contributed by atoms with Gasteiger partial charge in [0.1, 0.15) is 17.2 Å². The minimum absolute atomic E-state index is 0.0289. The zero-order valence-electron chi connectivity index (χ0n) is 24.8. The lowest BCUT2D eigenvalue weighted by atomic mass is 9.90. The van der Waals surface area contributed by atoms with E-state index >= 15 is 0 Å². The molecule has 1 aromatic rings. The lowest BCUT2D eigenvalue weighted by Crippen LogP contribution is -2.42. The maximum atomic E-state index is 13.6. The molecule has 230 valence electrons. The van der Waals surface area contributed by atoms with Crippen LogP contribution in [0.3, 0.4) is 0 Å². The molecule has 0 saturated heterocycles. The fraction of sp³-hybridized carbons (Fsp3) is 0.500. The van der Waals surface area contributed by atoms with E-state index in [1.165, 1.54) is 18.8 Å². The first-order valence-electron chi connectivity index (χ1n) is 14.1. The van der Waals surface area contributed by atoms with Crippen molar-refractivity contribution in [3.8, 4) is 5.88 Å². The largest absolute Gasteiger partial charge is 0.481 e. The number of Topliss-reactive ketones (excluding diaryl/α,β-unsaturated/α-hetero) is 1. The van der Waals surface area contributed by atoms with Crippen LogP contribution in [0.1, 0.15) is 79.1 Å². The molecule has 0 aromatic carbocycles. The van der Waals surface area contributed by atoms with Gasteiger partial charge in [-0.3, -0.25) is 19.4 Å². The second-order valence-electron chi connectivity index (χ2n) is 10.6. The summed E-state index contributed by atoms with van der Waals surface area (Å²) in [6.07, 6.45) is 15.0. The number of ether oxygens (including phenoxy) is 1. The van der Waals surface area contributed by atoms with Gasteiger partial charge in [0, 0.05) is 24.2 Å². The van der Waals surface area contributed by atoms with Crippen molar-refractivity contribution in [2.45, 2.75) is 90.6 Å². The molecule has 2 fully saturated rings. The summed E-state index contributed by atoms with van der Waals surface area (Å²) in [6.45, 7) is 7.11. The van der Waals surface area contributed by atoms with Gasteiger partial charge in [-0.2, -0.15) is 4.98 Å². The highest BCUT2D eigenvalue weighted by atomic mass is 31.0. The van der Waals surface area contributed by atoms with Crippen LogP contribution in [0.5, 0.6) is 5.88 Å². The lowest BCUT2D eigenvalue weighted by molar-refractivity contribution is -0.142. The van der Waals surface area contributed by atoms with Gasteiger partial charge in [0.2, 0.25) is 18.1 Å². The van der Waals surface area contributed by atoms with Gasteiger partial charge in [-0.25, -0.2) is 4.39 Å². The summed E-state index contributed by atoms with van der Waals surface area (Å²) in [7, 11) is 2.17. The molecule has 2 aliphatic rings. The topological polar surface area (TPSA) is 157 Å². The summed E-state index contributed by atoms with van der Waals surface area (Å²) < 4.78 is 19.3. The van der Waals surface area contributed by atoms with Crippen molar-refractivity contribution in [3.05, 3.63) is 58.9 Å². The van der Waals surface area contributed by atoms with E-state index in [0.29, 0.717) is 17.7 Å². The number of nitrogens with one attached hydrogen (secondary N) is 2. The summed E-state index contributed by atoms with van der Waals surface area (Å²) in [5, 5.41) is 12.8. The highest BCUT2D eigenvalue weighted by Gasteiger charge is 2.42. The van der Waals surface area contributed by atoms with Crippen LogP contribution in [0.2, 0.25) is 0 Å². The zero-order chi connectivity index (χ0) is 31.3. The first-order chi connectivity index (χ1) is 19.9. The second-order valence-corrected chi connectivity index (χ2v) is 11.6. The van der Waals surface area contributed by atoms with E-state index in [1.54, 1.807) is 26.0 Å². The molecule has 1 aromatic heterocycles. The molecule has 1 atom stereocenters. The lowest BCUT2D eigenvalue weighted by Gasteiger charge is -2.37. The number of anilines is 1. The third kappa shape index (κ3) is 11.4. The Kier molecular flexibility index (Phi) is 13.8. The minimum Gasteiger partial charge on any atom is -0.481 e. The Morgan fingerprint density at radius 1 is 1.17 bits per heavy atom. The van der Waals surface area contributed by atoms with E-state index < -0.39 is 11.4 Å². The first-order valence-corrected chi connectivity index (χ1v) is 14.7. The Morgan fingerprint density at radius 2 is 1.83 bits per heavy atom. The van der Waals surface area contributed by atoms with E-state index in [4.69, 9.17) is 15.6 Å². The fourth-order valence-corrected chi connectivity index (χ4v) is 5.01. The fourth-order valence-electron chi connectivity index (χ4n) is 4.48. The number of nitrogens with zero attached hydrogens (tertiary/aromatic N) is 2. The number of amides is 1. The molecule has 12 heteroatoms. The molecule has 0 spiro atoms. The molecule has 5 N–H and O–H groups in total. The zero-order valence-corrected chi connectivity index (χ0v) is 25.9. The molecule has 42 heavy (non-hydrogen) atoms. The van der Waals surface area contributed by atoms with Gasteiger partial charge in [-0.05, 0) is 57.3 Å². The third-order valence-electron chi connectivity index (χ3n) is 6.87. The molecule has 0 radical (unpaired) electrons. The smallest absolute Gasteiger partial charge is 0.306 e. The van der Waals surface area contributed by atoms with E-state index in [-0.39, 0.29) is 53.7 Å². The number of alkyl halides is 1. The van der Waals surface area contributed by atoms with Gasteiger partial charge < -0.3 is 26.2 Å². The summed E-state index contributed by atoms with van der Waals surface area (Å²) in [5.41, 5.74) is 8.24. The molecule has 10 nitrogen and oxygen atoms in total. The van der Waals surface area contributed by atoms with E-state index in [1.807, 2.05) is 19.9 Å². The van der Waals surface area contributed by atoms with Crippen LogP contribution in [-0.2, 0) is 14.4 Å². The van der Waals surface area contributed by atoms with Gasteiger partial charge >= 0.3 is 5.97 Å². The van der Waals surface area contributed by atoms with Crippen molar-refractivity contribution in [1.29, 1.82) is 0 Å². The van der Waals surface area contributed by atoms with E-state index in [2.05, 4.69) is 29.8 Å². The number of aliphatic carboxylic acids is 1. The highest BCUT2D eigenvalue weighted by molar-refractivity contribution is 7.18. The second kappa shape index (κ2) is 16.8. The molecule has 1 heterocycles. The van der Waals surface area contributed by atoms with Gasteiger partial charge in [0.05, 0.1) is 18.3 Å². The monoisotopic (exact) mass is 603 g/mol. The number of aromatic nitrogens is 2. The molecule has 2 aliphatic carbocycles. The number of carbonyl (C=O) groups is 3. The average molecular weight is 604 g/mol. The standard InChI is InChI=1S/C23H31FN5O3P.C7H12O2/c1-5-6-14(2)18(27-13-30)8-7-15(3)22(31)21(16(4)25)29-19-11-26-12-20(28-19)32-17-9-23(24,33)10-17;8-7(9)6-4-2-1-3-5-6/h6-8,11-13,17H,5,9-10,25,33H2,1-4H3,(H,27,30)(H,28,29);6H,1-5H2,(H,8,9)/b14-6+,15-7+,18-8+,21-16+;. The highest BCUT2D eigenvalue weighted by Crippen LogP contribution is 2.43. The molecule has 3 rings (SSSR count). The van der Waals surface area contributed by atoms with Crippen LogP contribution >= 0.6 is 9.24 Å². The Bertz CT molecular complexity index is 1230. The SMILES string of the molecule is CC/C=C(C)/C(=C\C=C(/C)C(=O)/C(Nc1cncc(OC2CC(F)(P)C2)n1)=C(/C)N)NC=O.O=C(O)C1CCCCC1. The Morgan fingerprint density at radius 3 is 2.36 bits per heavy atom. The minimum atomic E-state index is -1.29. The number of carboxylic acid groups (broad SMARTS) is 1. The number of allylic oxidation sites excluding steroid dienone is 6. The number of ketones is 1. The van der Waals surface area contributed by atoms with Crippen LogP contribution in [0.15, 0.2) is 58.9 Å². The average Bonchev–Trinajstić information content (AvgIpc) is 2.93. The summed E-state index contributed by atoms with van der Waals surface area (Å²) >= 11 is 0. The summed E-state index contributed by atoms with van der Waals surface area (Å²) in [6, 6.07) is 0. The Labute approximate surface area is 249 Å². The first kappa shape index (κ1) is 34.6. The molecule has 1 amide bonds. The third-order valence-corrected chi connectivity index (χ3v) is 7.34. The van der Waals surface area contributed by atoms with Gasteiger partial charge in [-0.1, -0.05) is 47.6 Å². The molecule has 2 saturated carbocycles. The van der Waals surface area contributed by atoms with Crippen LogP contribution in [0, 0.1) is 5.92 Å². The van der Waals surface area contributed by atoms with Gasteiger partial charge in [0.15, 0.2) is 5.82 Å². The molecule has 0 aliphatic heterocycles.